The molecule has 0 bridgehead atoms. The number of rotatable bonds is 3. The molecule has 2 rings (SSSR count). The molecule has 0 spiro atoms. The standard InChI is InChI=1S/C11H16N2O4S2/c1-8-6-12(2)3-4-13(8)19(16,17)10-5-9(7-18-10)11(14)15/h5,7-8H,3-4,6H2,1-2H3,(H,14,15). The summed E-state index contributed by atoms with van der Waals surface area (Å²) in [6.07, 6.45) is 0. The lowest BCUT2D eigenvalue weighted by molar-refractivity contribution is 0.0697. The van der Waals surface area contributed by atoms with Gasteiger partial charge in [0.05, 0.1) is 5.56 Å². The Bertz CT molecular complexity index is 581. The molecular formula is C11H16N2O4S2. The van der Waals surface area contributed by atoms with Gasteiger partial charge in [-0.2, -0.15) is 4.31 Å². The van der Waals surface area contributed by atoms with Gasteiger partial charge in [-0.05, 0) is 20.0 Å². The second kappa shape index (κ2) is 5.20. The van der Waals surface area contributed by atoms with Crippen LogP contribution in [0.2, 0.25) is 0 Å². The zero-order valence-corrected chi connectivity index (χ0v) is 12.4. The third-order valence-electron chi connectivity index (χ3n) is 3.15. The molecule has 1 aliphatic rings. The predicted molar refractivity (Wildman–Crippen MR) is 72.1 cm³/mol. The van der Waals surface area contributed by atoms with Crippen molar-refractivity contribution in [3.63, 3.8) is 0 Å². The topological polar surface area (TPSA) is 77.9 Å². The van der Waals surface area contributed by atoms with Crippen molar-refractivity contribution in [1.82, 2.24) is 9.21 Å². The average molecular weight is 304 g/mol. The van der Waals surface area contributed by atoms with Crippen LogP contribution in [-0.4, -0.2) is 61.4 Å². The zero-order chi connectivity index (χ0) is 14.2. The summed E-state index contributed by atoms with van der Waals surface area (Å²) in [5, 5.41) is 10.2. The molecule has 1 aliphatic heterocycles. The fourth-order valence-electron chi connectivity index (χ4n) is 2.16. The fraction of sp³-hybridized carbons (Fsp3) is 0.545. The lowest BCUT2D eigenvalue weighted by Gasteiger charge is -2.36. The van der Waals surface area contributed by atoms with E-state index in [2.05, 4.69) is 4.90 Å². The molecule has 1 N–H and O–H groups in total. The SMILES string of the molecule is CC1CN(C)CCN1S(=O)(=O)c1cc(C(=O)O)cs1. The van der Waals surface area contributed by atoms with E-state index >= 15 is 0 Å². The van der Waals surface area contributed by atoms with Crippen LogP contribution in [0.3, 0.4) is 0 Å². The zero-order valence-electron chi connectivity index (χ0n) is 10.7. The summed E-state index contributed by atoms with van der Waals surface area (Å²) in [5.41, 5.74) is 0.0188. The van der Waals surface area contributed by atoms with Crippen LogP contribution in [0.4, 0.5) is 0 Å². The third kappa shape index (κ3) is 2.81. The largest absolute Gasteiger partial charge is 0.478 e. The van der Waals surface area contributed by atoms with Gasteiger partial charge in [0.2, 0.25) is 0 Å². The summed E-state index contributed by atoms with van der Waals surface area (Å²) in [6, 6.07) is 1.12. The summed E-state index contributed by atoms with van der Waals surface area (Å²) in [6.45, 7) is 3.65. The fourth-order valence-corrected chi connectivity index (χ4v) is 5.05. The lowest BCUT2D eigenvalue weighted by Crippen LogP contribution is -2.52. The number of piperazine rings is 1. The first-order valence-electron chi connectivity index (χ1n) is 5.84. The normalized spacial score (nSPS) is 22.5. The average Bonchev–Trinajstić information content (AvgIpc) is 2.78. The molecule has 19 heavy (non-hydrogen) atoms. The quantitative estimate of drug-likeness (QED) is 0.892. The highest BCUT2D eigenvalue weighted by Gasteiger charge is 2.33. The third-order valence-corrected chi connectivity index (χ3v) is 6.58. The van der Waals surface area contributed by atoms with Crippen LogP contribution >= 0.6 is 11.3 Å². The van der Waals surface area contributed by atoms with E-state index in [4.69, 9.17) is 5.11 Å². The summed E-state index contributed by atoms with van der Waals surface area (Å²) in [5.74, 6) is -1.11. The van der Waals surface area contributed by atoms with E-state index in [0.29, 0.717) is 19.6 Å². The maximum atomic E-state index is 12.5. The van der Waals surface area contributed by atoms with Gasteiger partial charge in [0.15, 0.2) is 0 Å². The van der Waals surface area contributed by atoms with Crippen LogP contribution < -0.4 is 0 Å². The van der Waals surface area contributed by atoms with Gasteiger partial charge in [0.1, 0.15) is 4.21 Å². The molecule has 0 saturated carbocycles. The molecule has 1 atom stereocenters. The molecule has 1 fully saturated rings. The van der Waals surface area contributed by atoms with Crippen LogP contribution in [0.15, 0.2) is 15.7 Å². The Morgan fingerprint density at radius 1 is 1.47 bits per heavy atom. The summed E-state index contributed by atoms with van der Waals surface area (Å²) in [7, 11) is -1.63. The molecule has 106 valence electrons. The number of nitrogens with zero attached hydrogens (tertiary/aromatic N) is 2. The Kier molecular flexibility index (Phi) is 3.95. The Labute approximate surface area is 116 Å². The Morgan fingerprint density at radius 3 is 2.68 bits per heavy atom. The van der Waals surface area contributed by atoms with Crippen LogP contribution in [0.1, 0.15) is 17.3 Å². The van der Waals surface area contributed by atoms with Gasteiger partial charge in [-0.3, -0.25) is 0 Å². The minimum atomic E-state index is -3.59. The molecule has 2 heterocycles. The predicted octanol–water partition coefficient (Wildman–Crippen LogP) is 0.771. The first-order valence-corrected chi connectivity index (χ1v) is 8.16. The Morgan fingerprint density at radius 2 is 2.16 bits per heavy atom. The second-order valence-electron chi connectivity index (χ2n) is 4.69. The Balaban J connectivity index is 2.28. The highest BCUT2D eigenvalue weighted by Crippen LogP contribution is 2.26. The molecule has 0 amide bonds. The molecule has 1 aromatic heterocycles. The summed E-state index contributed by atoms with van der Waals surface area (Å²) >= 11 is 0.957. The van der Waals surface area contributed by atoms with Crippen LogP contribution in [0.5, 0.6) is 0 Å². The van der Waals surface area contributed by atoms with E-state index < -0.39 is 16.0 Å². The van der Waals surface area contributed by atoms with Crippen LogP contribution in [0.25, 0.3) is 0 Å². The highest BCUT2D eigenvalue weighted by atomic mass is 32.2. The van der Waals surface area contributed by atoms with E-state index in [1.165, 1.54) is 15.8 Å². The van der Waals surface area contributed by atoms with Crippen molar-refractivity contribution < 1.29 is 18.3 Å². The van der Waals surface area contributed by atoms with E-state index in [1.54, 1.807) is 0 Å². The van der Waals surface area contributed by atoms with E-state index in [0.717, 1.165) is 11.3 Å². The van der Waals surface area contributed by atoms with Crippen molar-refractivity contribution in [3.05, 3.63) is 17.0 Å². The maximum Gasteiger partial charge on any atom is 0.336 e. The molecule has 1 unspecified atom stereocenters. The van der Waals surface area contributed by atoms with Gasteiger partial charge in [0.25, 0.3) is 10.0 Å². The molecular weight excluding hydrogens is 288 g/mol. The number of sulfonamides is 1. The van der Waals surface area contributed by atoms with Crippen molar-refractivity contribution in [2.45, 2.75) is 17.2 Å². The first-order chi connectivity index (χ1) is 8.82. The molecule has 0 aliphatic carbocycles. The van der Waals surface area contributed by atoms with Crippen molar-refractivity contribution >= 4 is 27.3 Å². The maximum absolute atomic E-state index is 12.5. The van der Waals surface area contributed by atoms with Gasteiger partial charge in [-0.1, -0.05) is 0 Å². The van der Waals surface area contributed by atoms with Gasteiger partial charge in [-0.25, -0.2) is 13.2 Å². The molecule has 0 radical (unpaired) electrons. The number of hydrogen-bond donors (Lipinski definition) is 1. The van der Waals surface area contributed by atoms with Crippen molar-refractivity contribution in [3.8, 4) is 0 Å². The monoisotopic (exact) mass is 304 g/mol. The first kappa shape index (κ1) is 14.4. The lowest BCUT2D eigenvalue weighted by atomic mass is 10.2. The van der Waals surface area contributed by atoms with E-state index in [1.807, 2.05) is 14.0 Å². The minimum Gasteiger partial charge on any atom is -0.478 e. The molecule has 1 aromatic rings. The van der Waals surface area contributed by atoms with Gasteiger partial charge >= 0.3 is 5.97 Å². The molecule has 1 saturated heterocycles. The second-order valence-corrected chi connectivity index (χ2v) is 7.72. The van der Waals surface area contributed by atoms with Gasteiger partial charge in [0, 0.05) is 31.1 Å². The number of thiophene rings is 1. The number of carbonyl (C=O) groups is 1. The number of carboxylic acids is 1. The number of aromatic carboxylic acids is 1. The molecule has 8 heteroatoms. The van der Waals surface area contributed by atoms with Crippen molar-refractivity contribution in [2.75, 3.05) is 26.7 Å². The highest BCUT2D eigenvalue weighted by molar-refractivity contribution is 7.91. The van der Waals surface area contributed by atoms with Gasteiger partial charge < -0.3 is 10.0 Å². The summed E-state index contributed by atoms with van der Waals surface area (Å²) in [4.78, 5) is 12.9. The van der Waals surface area contributed by atoms with Crippen LogP contribution in [0, 0.1) is 0 Å². The summed E-state index contributed by atoms with van der Waals surface area (Å²) < 4.78 is 26.5. The molecule has 0 aromatic carbocycles. The van der Waals surface area contributed by atoms with Gasteiger partial charge in [-0.15, -0.1) is 11.3 Å². The van der Waals surface area contributed by atoms with E-state index in [-0.39, 0.29) is 15.8 Å². The van der Waals surface area contributed by atoms with E-state index in [9.17, 15) is 13.2 Å². The number of likely N-dealkylation sites (N-methyl/N-ethyl adjacent to an activating group) is 1. The van der Waals surface area contributed by atoms with Crippen LogP contribution in [-0.2, 0) is 10.0 Å². The number of carboxylic acid groups (broad SMARTS) is 1. The minimum absolute atomic E-state index is 0.0188. The van der Waals surface area contributed by atoms with Crippen molar-refractivity contribution in [1.29, 1.82) is 0 Å². The molecule has 6 nitrogen and oxygen atoms in total. The Hall–Kier alpha value is -0.960. The number of hydrogen-bond acceptors (Lipinski definition) is 5. The van der Waals surface area contributed by atoms with Crippen molar-refractivity contribution in [2.24, 2.45) is 0 Å². The smallest absolute Gasteiger partial charge is 0.336 e.